The third-order valence-electron chi connectivity index (χ3n) is 4.99. The Hall–Kier alpha value is -0.120. The maximum atomic E-state index is 9.92. The molecule has 1 saturated heterocycles. The number of nitrogens with one attached hydrogen (secondary N) is 1. The molecular formula is C13H26N2O. The van der Waals surface area contributed by atoms with Gasteiger partial charge in [0.25, 0.3) is 0 Å². The molecule has 94 valence electrons. The second-order valence-corrected chi connectivity index (χ2v) is 5.66. The van der Waals surface area contributed by atoms with Gasteiger partial charge in [0.2, 0.25) is 0 Å². The largest absolute Gasteiger partial charge is 0.394 e. The third kappa shape index (κ3) is 2.01. The highest BCUT2D eigenvalue weighted by Crippen LogP contribution is 2.41. The molecule has 3 atom stereocenters. The van der Waals surface area contributed by atoms with Gasteiger partial charge in [0.1, 0.15) is 0 Å². The molecule has 0 aromatic rings. The monoisotopic (exact) mass is 226 g/mol. The maximum Gasteiger partial charge on any atom is 0.0618 e. The highest BCUT2D eigenvalue weighted by molar-refractivity contribution is 5.00. The van der Waals surface area contributed by atoms with E-state index in [2.05, 4.69) is 24.1 Å². The Kier molecular flexibility index (Phi) is 3.88. The van der Waals surface area contributed by atoms with Crippen molar-refractivity contribution in [2.75, 3.05) is 32.8 Å². The van der Waals surface area contributed by atoms with Gasteiger partial charge in [0, 0.05) is 31.7 Å². The average Bonchev–Trinajstić information content (AvgIpc) is 2.34. The molecule has 1 heterocycles. The standard InChI is InChI=1S/C13H26N2O/c1-11-4-3-5-13(10-16,12(11)2)15-8-6-14-7-9-15/h11-12,14,16H,3-10H2,1-2H3. The SMILES string of the molecule is CC1CCCC(CO)(N2CCNCC2)C1C. The number of aliphatic hydroxyl groups is 1. The van der Waals surface area contributed by atoms with E-state index >= 15 is 0 Å². The van der Waals surface area contributed by atoms with Gasteiger partial charge in [-0.25, -0.2) is 0 Å². The predicted molar refractivity (Wildman–Crippen MR) is 66.4 cm³/mol. The first-order valence-electron chi connectivity index (χ1n) is 6.77. The van der Waals surface area contributed by atoms with Gasteiger partial charge in [0.05, 0.1) is 6.61 Å². The van der Waals surface area contributed by atoms with Crippen molar-refractivity contribution in [1.82, 2.24) is 10.2 Å². The first-order valence-corrected chi connectivity index (χ1v) is 6.77. The average molecular weight is 226 g/mol. The van der Waals surface area contributed by atoms with Crippen LogP contribution in [0.5, 0.6) is 0 Å². The van der Waals surface area contributed by atoms with E-state index < -0.39 is 0 Å². The minimum absolute atomic E-state index is 0.0692. The fraction of sp³-hybridized carbons (Fsp3) is 1.00. The fourth-order valence-electron chi connectivity index (χ4n) is 3.62. The molecule has 0 aromatic heterocycles. The first-order chi connectivity index (χ1) is 7.70. The maximum absolute atomic E-state index is 9.92. The van der Waals surface area contributed by atoms with Crippen LogP contribution in [-0.4, -0.2) is 48.3 Å². The molecule has 1 saturated carbocycles. The van der Waals surface area contributed by atoms with Crippen molar-refractivity contribution < 1.29 is 5.11 Å². The zero-order chi connectivity index (χ0) is 11.6. The molecule has 0 bridgehead atoms. The van der Waals surface area contributed by atoms with Crippen molar-refractivity contribution in [3.8, 4) is 0 Å². The van der Waals surface area contributed by atoms with Crippen molar-refractivity contribution in [2.24, 2.45) is 11.8 Å². The van der Waals surface area contributed by atoms with Crippen LogP contribution in [0.15, 0.2) is 0 Å². The predicted octanol–water partition coefficient (Wildman–Crippen LogP) is 1.08. The molecule has 2 aliphatic rings. The van der Waals surface area contributed by atoms with Gasteiger partial charge in [-0.15, -0.1) is 0 Å². The van der Waals surface area contributed by atoms with Crippen LogP contribution in [-0.2, 0) is 0 Å². The van der Waals surface area contributed by atoms with Crippen LogP contribution < -0.4 is 5.32 Å². The molecule has 2 fully saturated rings. The van der Waals surface area contributed by atoms with Crippen LogP contribution >= 0.6 is 0 Å². The zero-order valence-corrected chi connectivity index (χ0v) is 10.7. The summed E-state index contributed by atoms with van der Waals surface area (Å²) in [6.07, 6.45) is 3.78. The van der Waals surface area contributed by atoms with Crippen molar-refractivity contribution in [3.63, 3.8) is 0 Å². The van der Waals surface area contributed by atoms with E-state index in [-0.39, 0.29) is 5.54 Å². The van der Waals surface area contributed by atoms with Crippen LogP contribution in [0.25, 0.3) is 0 Å². The molecule has 2 rings (SSSR count). The number of hydrogen-bond donors (Lipinski definition) is 2. The lowest BCUT2D eigenvalue weighted by Crippen LogP contribution is -2.63. The molecule has 3 unspecified atom stereocenters. The summed E-state index contributed by atoms with van der Waals surface area (Å²) in [5.74, 6) is 1.36. The van der Waals surface area contributed by atoms with Crippen LogP contribution in [0.1, 0.15) is 33.1 Å². The Balaban J connectivity index is 2.15. The van der Waals surface area contributed by atoms with E-state index in [0.717, 1.165) is 32.1 Å². The summed E-state index contributed by atoms with van der Waals surface area (Å²) in [5.41, 5.74) is 0.0692. The smallest absolute Gasteiger partial charge is 0.0618 e. The Morgan fingerprint density at radius 1 is 1.31 bits per heavy atom. The summed E-state index contributed by atoms with van der Waals surface area (Å²) >= 11 is 0. The van der Waals surface area contributed by atoms with Gasteiger partial charge in [-0.2, -0.15) is 0 Å². The van der Waals surface area contributed by atoms with E-state index in [4.69, 9.17) is 0 Å². The molecule has 16 heavy (non-hydrogen) atoms. The summed E-state index contributed by atoms with van der Waals surface area (Å²) in [5, 5.41) is 13.3. The number of piperazine rings is 1. The van der Waals surface area contributed by atoms with Gasteiger partial charge in [-0.3, -0.25) is 4.90 Å². The molecule has 3 heteroatoms. The zero-order valence-electron chi connectivity index (χ0n) is 10.7. The van der Waals surface area contributed by atoms with Gasteiger partial charge in [-0.05, 0) is 18.3 Å². The minimum atomic E-state index is 0.0692. The molecular weight excluding hydrogens is 200 g/mol. The van der Waals surface area contributed by atoms with Crippen molar-refractivity contribution >= 4 is 0 Å². The summed E-state index contributed by atoms with van der Waals surface area (Å²) in [6.45, 7) is 9.35. The van der Waals surface area contributed by atoms with Crippen molar-refractivity contribution in [1.29, 1.82) is 0 Å². The highest BCUT2D eigenvalue weighted by Gasteiger charge is 2.45. The molecule has 1 aliphatic heterocycles. The normalized spacial score (nSPS) is 42.2. The summed E-state index contributed by atoms with van der Waals surface area (Å²) in [6, 6.07) is 0. The Morgan fingerprint density at radius 3 is 2.62 bits per heavy atom. The first kappa shape index (κ1) is 12.3. The molecule has 1 aliphatic carbocycles. The lowest BCUT2D eigenvalue weighted by Gasteiger charge is -2.53. The van der Waals surface area contributed by atoms with E-state index in [0.29, 0.717) is 12.5 Å². The minimum Gasteiger partial charge on any atom is -0.394 e. The van der Waals surface area contributed by atoms with Crippen molar-refractivity contribution in [2.45, 2.75) is 38.6 Å². The molecule has 0 spiro atoms. The van der Waals surface area contributed by atoms with E-state index in [1.54, 1.807) is 0 Å². The summed E-state index contributed by atoms with van der Waals surface area (Å²) < 4.78 is 0. The Morgan fingerprint density at radius 2 is 2.00 bits per heavy atom. The second kappa shape index (κ2) is 5.03. The van der Waals surface area contributed by atoms with E-state index in [1.165, 1.54) is 19.3 Å². The molecule has 0 radical (unpaired) electrons. The van der Waals surface area contributed by atoms with E-state index in [1.807, 2.05) is 0 Å². The van der Waals surface area contributed by atoms with Gasteiger partial charge < -0.3 is 10.4 Å². The van der Waals surface area contributed by atoms with Crippen LogP contribution in [0.4, 0.5) is 0 Å². The van der Waals surface area contributed by atoms with Crippen LogP contribution in [0, 0.1) is 11.8 Å². The van der Waals surface area contributed by atoms with Gasteiger partial charge in [0.15, 0.2) is 0 Å². The number of hydrogen-bond acceptors (Lipinski definition) is 3. The lowest BCUT2D eigenvalue weighted by molar-refractivity contribution is -0.0592. The number of aliphatic hydroxyl groups excluding tert-OH is 1. The number of rotatable bonds is 2. The van der Waals surface area contributed by atoms with Crippen LogP contribution in [0.3, 0.4) is 0 Å². The van der Waals surface area contributed by atoms with Gasteiger partial charge in [-0.1, -0.05) is 26.7 Å². The summed E-state index contributed by atoms with van der Waals surface area (Å²) in [4.78, 5) is 2.55. The molecule has 2 N–H and O–H groups in total. The van der Waals surface area contributed by atoms with Crippen LogP contribution in [0.2, 0.25) is 0 Å². The lowest BCUT2D eigenvalue weighted by atomic mass is 9.67. The molecule has 3 nitrogen and oxygen atoms in total. The summed E-state index contributed by atoms with van der Waals surface area (Å²) in [7, 11) is 0. The third-order valence-corrected chi connectivity index (χ3v) is 4.99. The Labute approximate surface area is 99.2 Å². The fourth-order valence-corrected chi connectivity index (χ4v) is 3.62. The second-order valence-electron chi connectivity index (χ2n) is 5.66. The topological polar surface area (TPSA) is 35.5 Å². The highest BCUT2D eigenvalue weighted by atomic mass is 16.3. The Bertz CT molecular complexity index is 228. The molecule has 0 aromatic carbocycles. The quantitative estimate of drug-likeness (QED) is 0.739. The number of nitrogens with zero attached hydrogens (tertiary/aromatic N) is 1. The van der Waals surface area contributed by atoms with E-state index in [9.17, 15) is 5.11 Å². The molecule has 0 amide bonds. The van der Waals surface area contributed by atoms with Gasteiger partial charge >= 0.3 is 0 Å². The van der Waals surface area contributed by atoms with Crippen molar-refractivity contribution in [3.05, 3.63) is 0 Å².